The number of β-amino-alcohol motifs (C(OH)–C–C–N with tert-alkyl or cyclic N) is 1. The first-order valence-electron chi connectivity index (χ1n) is 8.01. The molecular formula is C16H19F3N2O3. The van der Waals surface area contributed by atoms with Crippen LogP contribution in [0.5, 0.6) is 0 Å². The Morgan fingerprint density at radius 3 is 2.58 bits per heavy atom. The van der Waals surface area contributed by atoms with E-state index in [1.807, 2.05) is 0 Å². The lowest BCUT2D eigenvalue weighted by atomic mass is 9.83. The average Bonchev–Trinajstić information content (AvgIpc) is 3.43. The lowest BCUT2D eigenvalue weighted by molar-refractivity contribution is -0.174. The molecule has 2 aliphatic carbocycles. The van der Waals surface area contributed by atoms with E-state index in [9.17, 15) is 27.9 Å². The predicted molar refractivity (Wildman–Crippen MR) is 79.4 cm³/mol. The number of alkyl halides is 3. The summed E-state index contributed by atoms with van der Waals surface area (Å²) >= 11 is 0. The smallest absolute Gasteiger partial charge is 0.395 e. The van der Waals surface area contributed by atoms with Crippen molar-refractivity contribution in [1.29, 1.82) is 0 Å². The molecule has 0 saturated heterocycles. The summed E-state index contributed by atoms with van der Waals surface area (Å²) in [4.78, 5) is 30.2. The molecule has 1 heterocycles. The highest BCUT2D eigenvalue weighted by Crippen LogP contribution is 2.46. The molecule has 0 aromatic rings. The number of aliphatic hydroxyl groups is 1. The Kier molecular flexibility index (Phi) is 4.37. The lowest BCUT2D eigenvalue weighted by Crippen LogP contribution is -2.52. The highest BCUT2D eigenvalue weighted by molar-refractivity contribution is 6.27. The number of halogens is 3. The van der Waals surface area contributed by atoms with Crippen LogP contribution in [0.25, 0.3) is 0 Å². The highest BCUT2D eigenvalue weighted by atomic mass is 19.4. The van der Waals surface area contributed by atoms with Crippen LogP contribution in [-0.2, 0) is 9.59 Å². The number of allylic oxidation sites excluding steroid dienone is 1. The van der Waals surface area contributed by atoms with Crippen LogP contribution in [0.4, 0.5) is 13.2 Å². The SMILES string of the molecule is O=C1CC1(C(=O)C1C=NC=CC1C(F)(F)F)N(CCO)CC1CC1. The number of aliphatic hydroxyl groups excluding tert-OH is 1. The zero-order chi connectivity index (χ0) is 17.5. The summed E-state index contributed by atoms with van der Waals surface area (Å²) in [5, 5.41) is 9.24. The number of carbonyl (C=O) groups is 2. The van der Waals surface area contributed by atoms with Crippen molar-refractivity contribution in [3.05, 3.63) is 12.3 Å². The van der Waals surface area contributed by atoms with E-state index in [1.165, 1.54) is 0 Å². The van der Waals surface area contributed by atoms with Gasteiger partial charge in [0.05, 0.1) is 18.4 Å². The topological polar surface area (TPSA) is 70.0 Å². The number of hydrogen-bond acceptors (Lipinski definition) is 5. The molecule has 3 rings (SSSR count). The van der Waals surface area contributed by atoms with E-state index in [4.69, 9.17) is 0 Å². The van der Waals surface area contributed by atoms with Crippen LogP contribution >= 0.6 is 0 Å². The molecule has 8 heteroatoms. The fourth-order valence-electron chi connectivity index (χ4n) is 3.34. The van der Waals surface area contributed by atoms with Crippen molar-refractivity contribution >= 4 is 17.8 Å². The van der Waals surface area contributed by atoms with Crippen molar-refractivity contribution < 1.29 is 27.9 Å². The van der Waals surface area contributed by atoms with Gasteiger partial charge in [-0.25, -0.2) is 0 Å². The molecule has 3 unspecified atom stereocenters. The summed E-state index contributed by atoms with van der Waals surface area (Å²) in [5.41, 5.74) is -1.52. The Hall–Kier alpha value is -1.54. The van der Waals surface area contributed by atoms with Gasteiger partial charge in [-0.15, -0.1) is 0 Å². The molecule has 132 valence electrons. The molecule has 3 aliphatic rings. The van der Waals surface area contributed by atoms with E-state index < -0.39 is 29.3 Å². The molecule has 2 saturated carbocycles. The maximum atomic E-state index is 13.2. The highest BCUT2D eigenvalue weighted by Gasteiger charge is 2.66. The van der Waals surface area contributed by atoms with E-state index in [-0.39, 0.29) is 25.4 Å². The van der Waals surface area contributed by atoms with Gasteiger partial charge < -0.3 is 5.11 Å². The number of rotatable bonds is 7. The van der Waals surface area contributed by atoms with Crippen LogP contribution < -0.4 is 0 Å². The summed E-state index contributed by atoms with van der Waals surface area (Å²) in [7, 11) is 0. The first-order chi connectivity index (χ1) is 11.3. The van der Waals surface area contributed by atoms with Crippen LogP contribution in [0.15, 0.2) is 17.3 Å². The molecule has 0 spiro atoms. The second-order valence-electron chi connectivity index (χ2n) is 6.67. The van der Waals surface area contributed by atoms with E-state index in [1.54, 1.807) is 4.90 Å². The fourth-order valence-corrected chi connectivity index (χ4v) is 3.34. The largest absolute Gasteiger partial charge is 0.396 e. The summed E-state index contributed by atoms with van der Waals surface area (Å²) < 4.78 is 39.7. The van der Waals surface area contributed by atoms with Crippen molar-refractivity contribution in [2.24, 2.45) is 22.7 Å². The van der Waals surface area contributed by atoms with Crippen LogP contribution in [-0.4, -0.2) is 59.2 Å². The molecule has 0 bridgehead atoms. The summed E-state index contributed by atoms with van der Waals surface area (Å²) in [5.74, 6) is -4.25. The van der Waals surface area contributed by atoms with E-state index in [2.05, 4.69) is 4.99 Å². The zero-order valence-electron chi connectivity index (χ0n) is 13.0. The minimum Gasteiger partial charge on any atom is -0.395 e. The summed E-state index contributed by atoms with van der Waals surface area (Å²) in [6, 6.07) is 0. The monoisotopic (exact) mass is 344 g/mol. The second-order valence-corrected chi connectivity index (χ2v) is 6.67. The van der Waals surface area contributed by atoms with Gasteiger partial charge in [0.2, 0.25) is 0 Å². The molecule has 24 heavy (non-hydrogen) atoms. The molecule has 1 N–H and O–H groups in total. The van der Waals surface area contributed by atoms with Gasteiger partial charge in [-0.1, -0.05) is 6.08 Å². The zero-order valence-corrected chi connectivity index (χ0v) is 13.0. The van der Waals surface area contributed by atoms with Crippen LogP contribution in [0.2, 0.25) is 0 Å². The molecule has 0 amide bonds. The molecule has 2 fully saturated rings. The Labute approximate surface area is 137 Å². The fraction of sp³-hybridized carbons (Fsp3) is 0.688. The van der Waals surface area contributed by atoms with Gasteiger partial charge in [0.15, 0.2) is 11.6 Å². The maximum Gasteiger partial charge on any atom is 0.396 e. The molecule has 1 aliphatic heterocycles. The van der Waals surface area contributed by atoms with Crippen LogP contribution in [0, 0.1) is 17.8 Å². The quantitative estimate of drug-likeness (QED) is 0.708. The van der Waals surface area contributed by atoms with Gasteiger partial charge in [0.1, 0.15) is 5.54 Å². The molecule has 0 aromatic heterocycles. The number of aliphatic imine (C=N–C) groups is 1. The van der Waals surface area contributed by atoms with Crippen molar-refractivity contribution in [2.75, 3.05) is 19.7 Å². The Bertz CT molecular complexity index is 598. The third kappa shape index (κ3) is 3.04. The standard InChI is InChI=1S/C16H19F3N2O3/c17-16(18,19)12-3-4-20-8-11(12)14(24)15(7-13(15)23)21(5-6-22)9-10-1-2-10/h3-4,8,10-12,22H,1-2,5-7,9H2. The van der Waals surface area contributed by atoms with Crippen LogP contribution in [0.3, 0.4) is 0 Å². The number of carbonyl (C=O) groups excluding carboxylic acids is 2. The lowest BCUT2D eigenvalue weighted by Gasteiger charge is -2.33. The van der Waals surface area contributed by atoms with Gasteiger partial charge in [-0.2, -0.15) is 13.2 Å². The third-order valence-electron chi connectivity index (χ3n) is 4.94. The van der Waals surface area contributed by atoms with E-state index >= 15 is 0 Å². The van der Waals surface area contributed by atoms with Crippen molar-refractivity contribution in [2.45, 2.75) is 31.0 Å². The number of hydrogen-bond donors (Lipinski definition) is 1. The minimum absolute atomic E-state index is 0.0861. The molecule has 3 atom stereocenters. The van der Waals surface area contributed by atoms with Crippen molar-refractivity contribution in [1.82, 2.24) is 4.90 Å². The number of nitrogens with zero attached hydrogens (tertiary/aromatic N) is 2. The third-order valence-corrected chi connectivity index (χ3v) is 4.94. The predicted octanol–water partition coefficient (Wildman–Crippen LogP) is 1.36. The Morgan fingerprint density at radius 2 is 2.08 bits per heavy atom. The first-order valence-corrected chi connectivity index (χ1v) is 8.01. The Balaban J connectivity index is 1.86. The molecule has 0 radical (unpaired) electrons. The molecular weight excluding hydrogens is 325 g/mol. The number of Topliss-reactive ketones (excluding diaryl/α,β-unsaturated/α-hetero) is 2. The first kappa shape index (κ1) is 17.3. The van der Waals surface area contributed by atoms with Gasteiger partial charge in [-0.3, -0.25) is 19.5 Å². The van der Waals surface area contributed by atoms with Crippen molar-refractivity contribution in [3.8, 4) is 0 Å². The van der Waals surface area contributed by atoms with E-state index in [0.29, 0.717) is 12.5 Å². The summed E-state index contributed by atoms with van der Waals surface area (Å²) in [6.07, 6.45) is 0.151. The van der Waals surface area contributed by atoms with Crippen LogP contribution in [0.1, 0.15) is 19.3 Å². The maximum absolute atomic E-state index is 13.2. The minimum atomic E-state index is -4.58. The summed E-state index contributed by atoms with van der Waals surface area (Å²) in [6.45, 7) is 0.301. The Morgan fingerprint density at radius 1 is 1.42 bits per heavy atom. The number of ketones is 2. The van der Waals surface area contributed by atoms with Gasteiger partial charge in [0.25, 0.3) is 0 Å². The molecule has 0 aromatic carbocycles. The average molecular weight is 344 g/mol. The van der Waals surface area contributed by atoms with Gasteiger partial charge >= 0.3 is 6.18 Å². The molecule has 5 nitrogen and oxygen atoms in total. The normalized spacial score (nSPS) is 32.5. The van der Waals surface area contributed by atoms with E-state index in [0.717, 1.165) is 31.3 Å². The van der Waals surface area contributed by atoms with Gasteiger partial charge in [-0.05, 0) is 18.8 Å². The second kappa shape index (κ2) is 6.07. The van der Waals surface area contributed by atoms with Gasteiger partial charge in [0, 0.05) is 31.9 Å². The van der Waals surface area contributed by atoms with Crippen molar-refractivity contribution in [3.63, 3.8) is 0 Å².